The van der Waals surface area contributed by atoms with Crippen LogP contribution in [0.3, 0.4) is 0 Å². The third-order valence-electron chi connectivity index (χ3n) is 4.84. The number of carbonyl (C=O) groups is 1. The molecule has 1 N–H and O–H groups in total. The number of urea groups is 1. The van der Waals surface area contributed by atoms with Crippen molar-refractivity contribution in [1.29, 1.82) is 0 Å². The Hall–Kier alpha value is -2.73. The van der Waals surface area contributed by atoms with E-state index in [2.05, 4.69) is 10.2 Å². The van der Waals surface area contributed by atoms with Crippen LogP contribution in [-0.4, -0.2) is 56.2 Å². The first-order valence-electron chi connectivity index (χ1n) is 9.15. The second-order valence-electron chi connectivity index (χ2n) is 6.74. The number of piperazine rings is 1. The lowest BCUT2D eigenvalue weighted by molar-refractivity contribution is 0.142. The summed E-state index contributed by atoms with van der Waals surface area (Å²) in [7, 11) is 3.34. The molecule has 0 aromatic heterocycles. The number of ether oxygens (including phenoxy) is 2. The van der Waals surface area contributed by atoms with Crippen molar-refractivity contribution < 1.29 is 14.3 Å². The molecule has 144 valence electrons. The van der Waals surface area contributed by atoms with E-state index >= 15 is 0 Å². The molecule has 0 saturated carbocycles. The van der Waals surface area contributed by atoms with E-state index in [1.54, 1.807) is 14.2 Å². The van der Waals surface area contributed by atoms with E-state index in [1.165, 1.54) is 5.56 Å². The summed E-state index contributed by atoms with van der Waals surface area (Å²) in [5.41, 5.74) is 3.10. The van der Waals surface area contributed by atoms with Gasteiger partial charge in [-0.15, -0.1) is 0 Å². The zero-order valence-corrected chi connectivity index (χ0v) is 16.2. The van der Waals surface area contributed by atoms with Gasteiger partial charge in [-0.05, 0) is 37.3 Å². The van der Waals surface area contributed by atoms with Crippen LogP contribution in [0.4, 0.5) is 10.5 Å². The van der Waals surface area contributed by atoms with Crippen molar-refractivity contribution in [2.45, 2.75) is 13.5 Å². The van der Waals surface area contributed by atoms with Gasteiger partial charge in [0.05, 0.1) is 14.2 Å². The molecule has 0 bridgehead atoms. The Morgan fingerprint density at radius 1 is 1.00 bits per heavy atom. The van der Waals surface area contributed by atoms with Crippen molar-refractivity contribution in [3.05, 3.63) is 53.6 Å². The highest BCUT2D eigenvalue weighted by molar-refractivity contribution is 5.89. The van der Waals surface area contributed by atoms with Crippen LogP contribution >= 0.6 is 0 Å². The van der Waals surface area contributed by atoms with E-state index in [1.807, 2.05) is 54.3 Å². The summed E-state index contributed by atoms with van der Waals surface area (Å²) in [4.78, 5) is 16.6. The molecule has 2 aromatic rings. The molecule has 1 fully saturated rings. The van der Waals surface area contributed by atoms with Crippen molar-refractivity contribution in [2.24, 2.45) is 0 Å². The Labute approximate surface area is 160 Å². The molecule has 1 saturated heterocycles. The maximum atomic E-state index is 12.5. The van der Waals surface area contributed by atoms with Gasteiger partial charge >= 0.3 is 6.03 Å². The lowest BCUT2D eigenvalue weighted by Gasteiger charge is -2.35. The molecule has 0 radical (unpaired) electrons. The number of methoxy groups -OCH3 is 2. The molecule has 27 heavy (non-hydrogen) atoms. The topological polar surface area (TPSA) is 54.0 Å². The van der Waals surface area contributed by atoms with Crippen LogP contribution in [0.25, 0.3) is 0 Å². The Morgan fingerprint density at radius 3 is 2.33 bits per heavy atom. The smallest absolute Gasteiger partial charge is 0.321 e. The second kappa shape index (κ2) is 8.77. The molecule has 6 heteroatoms. The normalized spacial score (nSPS) is 14.7. The van der Waals surface area contributed by atoms with Crippen LogP contribution in [0, 0.1) is 6.92 Å². The summed E-state index contributed by atoms with van der Waals surface area (Å²) < 4.78 is 10.8. The van der Waals surface area contributed by atoms with Crippen LogP contribution < -0.4 is 14.8 Å². The van der Waals surface area contributed by atoms with E-state index < -0.39 is 0 Å². The summed E-state index contributed by atoms with van der Waals surface area (Å²) in [6, 6.07) is 13.6. The highest BCUT2D eigenvalue weighted by atomic mass is 16.5. The molecule has 2 aromatic carbocycles. The minimum absolute atomic E-state index is 0.0440. The van der Waals surface area contributed by atoms with Gasteiger partial charge in [-0.1, -0.05) is 17.7 Å². The number of amides is 2. The number of hydrogen-bond donors (Lipinski definition) is 1. The fourth-order valence-corrected chi connectivity index (χ4v) is 3.19. The summed E-state index contributed by atoms with van der Waals surface area (Å²) in [6.45, 7) is 5.84. The third kappa shape index (κ3) is 4.92. The third-order valence-corrected chi connectivity index (χ3v) is 4.84. The van der Waals surface area contributed by atoms with Crippen molar-refractivity contribution >= 4 is 11.7 Å². The molecule has 0 aliphatic carbocycles. The minimum Gasteiger partial charge on any atom is -0.497 e. The quantitative estimate of drug-likeness (QED) is 0.878. The number of anilines is 1. The average molecular weight is 369 g/mol. The Bertz CT molecular complexity index is 769. The number of nitrogens with one attached hydrogen (secondary N) is 1. The Kier molecular flexibility index (Phi) is 6.19. The second-order valence-corrected chi connectivity index (χ2v) is 6.74. The van der Waals surface area contributed by atoms with E-state index in [0.717, 1.165) is 42.4 Å². The van der Waals surface area contributed by atoms with Gasteiger partial charge in [0.2, 0.25) is 0 Å². The monoisotopic (exact) mass is 369 g/mol. The predicted octanol–water partition coefficient (Wildman–Crippen LogP) is 3.36. The molecule has 1 aliphatic heterocycles. The molecular weight excluding hydrogens is 342 g/mol. The molecule has 0 spiro atoms. The maximum Gasteiger partial charge on any atom is 0.321 e. The first-order valence-corrected chi connectivity index (χ1v) is 9.15. The molecule has 0 unspecified atom stereocenters. The average Bonchev–Trinajstić information content (AvgIpc) is 2.70. The number of benzene rings is 2. The van der Waals surface area contributed by atoms with Gasteiger partial charge in [0.25, 0.3) is 0 Å². The maximum absolute atomic E-state index is 12.5. The largest absolute Gasteiger partial charge is 0.497 e. The first-order chi connectivity index (χ1) is 13.1. The van der Waals surface area contributed by atoms with E-state index in [0.29, 0.717) is 13.1 Å². The number of nitrogens with zero attached hydrogens (tertiary/aromatic N) is 2. The van der Waals surface area contributed by atoms with Crippen LogP contribution in [0.5, 0.6) is 11.5 Å². The minimum atomic E-state index is -0.0440. The van der Waals surface area contributed by atoms with Gasteiger partial charge in [-0.3, -0.25) is 4.90 Å². The van der Waals surface area contributed by atoms with E-state index in [9.17, 15) is 4.79 Å². The van der Waals surface area contributed by atoms with Crippen LogP contribution in [0.15, 0.2) is 42.5 Å². The SMILES string of the molecule is COc1ccc(OC)c(CN2CCN(C(=O)Nc3ccc(C)cc3)CC2)c1. The fourth-order valence-electron chi connectivity index (χ4n) is 3.19. The molecule has 1 heterocycles. The molecule has 2 amide bonds. The summed E-state index contributed by atoms with van der Waals surface area (Å²) in [5, 5.41) is 2.97. The lowest BCUT2D eigenvalue weighted by atomic mass is 10.1. The highest BCUT2D eigenvalue weighted by Crippen LogP contribution is 2.25. The number of aryl methyl sites for hydroxylation is 1. The summed E-state index contributed by atoms with van der Waals surface area (Å²) >= 11 is 0. The van der Waals surface area contributed by atoms with E-state index in [4.69, 9.17) is 9.47 Å². The van der Waals surface area contributed by atoms with Crippen LogP contribution in [-0.2, 0) is 6.54 Å². The summed E-state index contributed by atoms with van der Waals surface area (Å²) in [6.07, 6.45) is 0. The standard InChI is InChI=1S/C21H27N3O3/c1-16-4-6-18(7-5-16)22-21(25)24-12-10-23(11-13-24)15-17-14-19(26-2)8-9-20(17)27-3/h4-9,14H,10-13,15H2,1-3H3,(H,22,25). The zero-order valence-electron chi connectivity index (χ0n) is 16.2. The Balaban J connectivity index is 1.54. The molecule has 1 aliphatic rings. The van der Waals surface area contributed by atoms with Gasteiger partial charge < -0.3 is 19.7 Å². The van der Waals surface area contributed by atoms with Gasteiger partial charge in [0.1, 0.15) is 11.5 Å². The summed E-state index contributed by atoms with van der Waals surface area (Å²) in [5.74, 6) is 1.68. The highest BCUT2D eigenvalue weighted by Gasteiger charge is 2.22. The molecule has 0 atom stereocenters. The number of rotatable bonds is 5. The molecule has 3 rings (SSSR count). The van der Waals surface area contributed by atoms with Crippen molar-refractivity contribution in [2.75, 3.05) is 45.7 Å². The van der Waals surface area contributed by atoms with Crippen LogP contribution in [0.2, 0.25) is 0 Å². The Morgan fingerprint density at radius 2 is 1.70 bits per heavy atom. The first kappa shape index (κ1) is 19.0. The van der Waals surface area contributed by atoms with E-state index in [-0.39, 0.29) is 6.03 Å². The van der Waals surface area contributed by atoms with Gasteiger partial charge in [0.15, 0.2) is 0 Å². The number of hydrogen-bond acceptors (Lipinski definition) is 4. The fraction of sp³-hybridized carbons (Fsp3) is 0.381. The van der Waals surface area contributed by atoms with Gasteiger partial charge in [0, 0.05) is 44.0 Å². The van der Waals surface area contributed by atoms with Gasteiger partial charge in [-0.2, -0.15) is 0 Å². The molecule has 6 nitrogen and oxygen atoms in total. The van der Waals surface area contributed by atoms with Crippen LogP contribution in [0.1, 0.15) is 11.1 Å². The van der Waals surface area contributed by atoms with Crippen molar-refractivity contribution in [3.8, 4) is 11.5 Å². The zero-order chi connectivity index (χ0) is 19.2. The molecular formula is C21H27N3O3. The lowest BCUT2D eigenvalue weighted by Crippen LogP contribution is -2.49. The van der Waals surface area contributed by atoms with Crippen molar-refractivity contribution in [1.82, 2.24) is 9.80 Å². The van der Waals surface area contributed by atoms with Gasteiger partial charge in [-0.25, -0.2) is 4.79 Å². The van der Waals surface area contributed by atoms with Crippen molar-refractivity contribution in [3.63, 3.8) is 0 Å². The predicted molar refractivity (Wildman–Crippen MR) is 107 cm³/mol. The number of carbonyl (C=O) groups excluding carboxylic acids is 1.